The summed E-state index contributed by atoms with van der Waals surface area (Å²) in [6.45, 7) is 8.25. The molecule has 1 aromatic carbocycles. The molecular formula is C15H22N2O. The molecule has 0 radical (unpaired) electrons. The van der Waals surface area contributed by atoms with Gasteiger partial charge in [-0.3, -0.25) is 0 Å². The van der Waals surface area contributed by atoms with Gasteiger partial charge >= 0.3 is 0 Å². The van der Waals surface area contributed by atoms with Crippen molar-refractivity contribution >= 4 is 0 Å². The Bertz CT molecular complexity index is 367. The first kappa shape index (κ1) is 14.5. The second-order valence-corrected chi connectivity index (χ2v) is 4.27. The molecule has 0 aliphatic rings. The summed E-state index contributed by atoms with van der Waals surface area (Å²) in [6.07, 6.45) is 2.47. The van der Waals surface area contributed by atoms with Gasteiger partial charge in [-0.1, -0.05) is 20.3 Å². The summed E-state index contributed by atoms with van der Waals surface area (Å²) >= 11 is 0. The average molecular weight is 246 g/mol. The van der Waals surface area contributed by atoms with Crippen molar-refractivity contribution in [3.63, 3.8) is 0 Å². The number of nitriles is 1. The van der Waals surface area contributed by atoms with Gasteiger partial charge in [0.15, 0.2) is 0 Å². The van der Waals surface area contributed by atoms with E-state index < -0.39 is 0 Å². The van der Waals surface area contributed by atoms with Gasteiger partial charge in [0.25, 0.3) is 0 Å². The fourth-order valence-electron chi connectivity index (χ4n) is 1.73. The maximum atomic E-state index is 8.69. The van der Waals surface area contributed by atoms with E-state index in [1.54, 1.807) is 12.1 Å². The van der Waals surface area contributed by atoms with Gasteiger partial charge in [0, 0.05) is 6.54 Å². The van der Waals surface area contributed by atoms with Crippen LogP contribution in [0, 0.1) is 11.3 Å². The van der Waals surface area contributed by atoms with Crippen LogP contribution in [0.3, 0.4) is 0 Å². The summed E-state index contributed by atoms with van der Waals surface area (Å²) in [4.78, 5) is 2.40. The van der Waals surface area contributed by atoms with E-state index in [0.29, 0.717) is 12.2 Å². The Kier molecular flexibility index (Phi) is 6.90. The Morgan fingerprint density at radius 3 is 2.44 bits per heavy atom. The fourth-order valence-corrected chi connectivity index (χ4v) is 1.73. The van der Waals surface area contributed by atoms with Crippen molar-refractivity contribution in [3.05, 3.63) is 29.8 Å². The van der Waals surface area contributed by atoms with Crippen LogP contribution in [0.4, 0.5) is 0 Å². The molecular weight excluding hydrogens is 224 g/mol. The van der Waals surface area contributed by atoms with E-state index in [0.717, 1.165) is 25.4 Å². The molecule has 0 saturated heterocycles. The van der Waals surface area contributed by atoms with Crippen LogP contribution in [-0.2, 0) is 0 Å². The second-order valence-electron chi connectivity index (χ2n) is 4.27. The lowest BCUT2D eigenvalue weighted by Gasteiger charge is -2.20. The highest BCUT2D eigenvalue weighted by molar-refractivity contribution is 5.34. The minimum Gasteiger partial charge on any atom is -0.492 e. The zero-order chi connectivity index (χ0) is 13.2. The fraction of sp³-hybridized carbons (Fsp3) is 0.533. The first-order valence-corrected chi connectivity index (χ1v) is 6.65. The van der Waals surface area contributed by atoms with Gasteiger partial charge in [-0.15, -0.1) is 0 Å². The predicted molar refractivity (Wildman–Crippen MR) is 73.7 cm³/mol. The molecule has 1 aromatic rings. The number of ether oxygens (including phenoxy) is 1. The minimum atomic E-state index is 0.667. The van der Waals surface area contributed by atoms with E-state index in [-0.39, 0.29) is 0 Å². The van der Waals surface area contributed by atoms with Crippen LogP contribution in [-0.4, -0.2) is 31.1 Å². The summed E-state index contributed by atoms with van der Waals surface area (Å²) in [5.74, 6) is 0.834. The molecule has 0 atom stereocenters. The van der Waals surface area contributed by atoms with Gasteiger partial charge in [-0.2, -0.15) is 5.26 Å². The molecule has 0 bridgehead atoms. The topological polar surface area (TPSA) is 36.3 Å². The summed E-state index contributed by atoms with van der Waals surface area (Å²) in [6, 6.07) is 9.36. The Labute approximate surface area is 110 Å². The van der Waals surface area contributed by atoms with Crippen molar-refractivity contribution in [1.29, 1.82) is 5.26 Å². The lowest BCUT2D eigenvalue weighted by Crippen LogP contribution is -2.29. The molecule has 0 N–H and O–H groups in total. The Hall–Kier alpha value is -1.53. The lowest BCUT2D eigenvalue weighted by molar-refractivity contribution is 0.213. The first-order valence-electron chi connectivity index (χ1n) is 6.65. The number of unbranched alkanes of at least 4 members (excludes halogenated alkanes) is 1. The Morgan fingerprint density at radius 2 is 1.89 bits per heavy atom. The van der Waals surface area contributed by atoms with Crippen LogP contribution in [0.1, 0.15) is 32.3 Å². The Balaban J connectivity index is 2.29. The Morgan fingerprint density at radius 1 is 1.17 bits per heavy atom. The van der Waals surface area contributed by atoms with E-state index >= 15 is 0 Å². The number of likely N-dealkylation sites (N-methyl/N-ethyl adjacent to an activating group) is 1. The number of benzene rings is 1. The van der Waals surface area contributed by atoms with Crippen molar-refractivity contribution in [3.8, 4) is 11.8 Å². The van der Waals surface area contributed by atoms with E-state index in [1.807, 2.05) is 12.1 Å². The van der Waals surface area contributed by atoms with Crippen molar-refractivity contribution in [2.75, 3.05) is 26.2 Å². The van der Waals surface area contributed by atoms with E-state index in [2.05, 4.69) is 24.8 Å². The van der Waals surface area contributed by atoms with Gasteiger partial charge in [0.1, 0.15) is 12.4 Å². The molecule has 0 aliphatic carbocycles. The van der Waals surface area contributed by atoms with Crippen LogP contribution in [0.15, 0.2) is 24.3 Å². The van der Waals surface area contributed by atoms with Gasteiger partial charge < -0.3 is 9.64 Å². The third-order valence-corrected chi connectivity index (χ3v) is 2.93. The van der Waals surface area contributed by atoms with Crippen LogP contribution in [0.5, 0.6) is 5.75 Å². The molecule has 3 nitrogen and oxygen atoms in total. The number of hydrogen-bond acceptors (Lipinski definition) is 3. The highest BCUT2D eigenvalue weighted by Crippen LogP contribution is 2.11. The molecule has 18 heavy (non-hydrogen) atoms. The maximum Gasteiger partial charge on any atom is 0.119 e. The summed E-state index contributed by atoms with van der Waals surface area (Å²) in [7, 11) is 0. The molecule has 98 valence electrons. The molecule has 0 spiro atoms. The number of hydrogen-bond donors (Lipinski definition) is 0. The zero-order valence-electron chi connectivity index (χ0n) is 11.4. The van der Waals surface area contributed by atoms with Crippen molar-refractivity contribution in [2.45, 2.75) is 26.7 Å². The van der Waals surface area contributed by atoms with E-state index in [4.69, 9.17) is 10.00 Å². The van der Waals surface area contributed by atoms with Gasteiger partial charge in [0.2, 0.25) is 0 Å². The summed E-state index contributed by atoms with van der Waals surface area (Å²) in [5.41, 5.74) is 0.667. The maximum absolute atomic E-state index is 8.69. The normalized spacial score (nSPS) is 10.3. The number of nitrogens with zero attached hydrogens (tertiary/aromatic N) is 2. The highest BCUT2D eigenvalue weighted by Gasteiger charge is 2.01. The smallest absolute Gasteiger partial charge is 0.119 e. The van der Waals surface area contributed by atoms with Gasteiger partial charge in [-0.25, -0.2) is 0 Å². The average Bonchev–Trinajstić information content (AvgIpc) is 2.43. The monoisotopic (exact) mass is 246 g/mol. The van der Waals surface area contributed by atoms with Crippen LogP contribution < -0.4 is 4.74 Å². The largest absolute Gasteiger partial charge is 0.492 e. The third-order valence-electron chi connectivity index (χ3n) is 2.93. The molecule has 0 aromatic heterocycles. The predicted octanol–water partition coefficient (Wildman–Crippen LogP) is 3.06. The first-order chi connectivity index (χ1) is 8.80. The standard InChI is InChI=1S/C15H22N2O/c1-3-5-10-17(4-2)11-12-18-15-8-6-14(13-16)7-9-15/h6-9H,3-5,10-12H2,1-2H3. The molecule has 0 saturated carbocycles. The van der Waals surface area contributed by atoms with E-state index in [9.17, 15) is 0 Å². The molecule has 3 heteroatoms. The highest BCUT2D eigenvalue weighted by atomic mass is 16.5. The summed E-state index contributed by atoms with van der Waals surface area (Å²) < 4.78 is 5.67. The van der Waals surface area contributed by atoms with Crippen LogP contribution in [0.25, 0.3) is 0 Å². The van der Waals surface area contributed by atoms with Crippen LogP contribution in [0.2, 0.25) is 0 Å². The zero-order valence-corrected chi connectivity index (χ0v) is 11.4. The van der Waals surface area contributed by atoms with Crippen molar-refractivity contribution in [1.82, 2.24) is 4.90 Å². The summed E-state index contributed by atoms with van der Waals surface area (Å²) in [5, 5.41) is 8.69. The molecule has 1 rings (SSSR count). The number of rotatable bonds is 8. The van der Waals surface area contributed by atoms with E-state index in [1.165, 1.54) is 12.8 Å². The second kappa shape index (κ2) is 8.54. The lowest BCUT2D eigenvalue weighted by atomic mass is 10.2. The van der Waals surface area contributed by atoms with Crippen molar-refractivity contribution in [2.24, 2.45) is 0 Å². The van der Waals surface area contributed by atoms with Crippen molar-refractivity contribution < 1.29 is 4.74 Å². The molecule has 0 unspecified atom stereocenters. The van der Waals surface area contributed by atoms with Crippen LogP contribution >= 0.6 is 0 Å². The molecule has 0 fully saturated rings. The van der Waals surface area contributed by atoms with Gasteiger partial charge in [0.05, 0.1) is 11.6 Å². The minimum absolute atomic E-state index is 0.667. The van der Waals surface area contributed by atoms with Gasteiger partial charge in [-0.05, 0) is 43.8 Å². The molecule has 0 aliphatic heterocycles. The molecule has 0 amide bonds. The third kappa shape index (κ3) is 5.20. The SMILES string of the molecule is CCCCN(CC)CCOc1ccc(C#N)cc1. The quantitative estimate of drug-likeness (QED) is 0.707. The molecule has 0 heterocycles.